The molecule has 1 aromatic heterocycles. The van der Waals surface area contributed by atoms with E-state index in [1.165, 1.54) is 6.42 Å². The first-order valence-corrected chi connectivity index (χ1v) is 7.24. The van der Waals surface area contributed by atoms with Gasteiger partial charge in [0.15, 0.2) is 11.5 Å². The molecule has 1 aromatic carbocycles. The number of likely N-dealkylation sites (tertiary alicyclic amines) is 1. The van der Waals surface area contributed by atoms with Crippen LogP contribution >= 0.6 is 0 Å². The minimum atomic E-state index is -0.201. The smallest absolute Gasteiger partial charge is 0.289 e. The molecule has 1 amide bonds. The van der Waals surface area contributed by atoms with E-state index in [1.54, 1.807) is 41.3 Å². The molecular formula is C17H17NO3. The van der Waals surface area contributed by atoms with Gasteiger partial charge in [-0.1, -0.05) is 30.3 Å². The first-order valence-electron chi connectivity index (χ1n) is 7.24. The van der Waals surface area contributed by atoms with Crippen molar-refractivity contribution in [2.24, 2.45) is 0 Å². The maximum Gasteiger partial charge on any atom is 0.289 e. The van der Waals surface area contributed by atoms with E-state index < -0.39 is 0 Å². The molecule has 2 heterocycles. The Morgan fingerprint density at radius 3 is 2.24 bits per heavy atom. The maximum absolute atomic E-state index is 12.3. The van der Waals surface area contributed by atoms with Gasteiger partial charge in [0.2, 0.25) is 5.78 Å². The Balaban J connectivity index is 1.77. The summed E-state index contributed by atoms with van der Waals surface area (Å²) >= 11 is 0. The third-order valence-electron chi connectivity index (χ3n) is 3.72. The number of piperidine rings is 1. The molecule has 0 radical (unpaired) electrons. The van der Waals surface area contributed by atoms with Crippen LogP contribution in [0.2, 0.25) is 0 Å². The van der Waals surface area contributed by atoms with Crippen molar-refractivity contribution in [2.45, 2.75) is 19.3 Å². The van der Waals surface area contributed by atoms with Gasteiger partial charge in [-0.05, 0) is 31.4 Å². The van der Waals surface area contributed by atoms with Crippen molar-refractivity contribution in [2.75, 3.05) is 13.1 Å². The van der Waals surface area contributed by atoms with Crippen molar-refractivity contribution >= 4 is 11.7 Å². The van der Waals surface area contributed by atoms with Crippen LogP contribution in [0.5, 0.6) is 0 Å². The number of amides is 1. The van der Waals surface area contributed by atoms with Crippen LogP contribution in [0, 0.1) is 0 Å². The summed E-state index contributed by atoms with van der Waals surface area (Å²) in [7, 11) is 0. The van der Waals surface area contributed by atoms with E-state index in [4.69, 9.17) is 4.42 Å². The summed E-state index contributed by atoms with van der Waals surface area (Å²) in [5.74, 6) is 0.132. The molecule has 1 fully saturated rings. The zero-order valence-corrected chi connectivity index (χ0v) is 11.7. The summed E-state index contributed by atoms with van der Waals surface area (Å²) in [6.07, 6.45) is 3.23. The minimum absolute atomic E-state index is 0.123. The highest BCUT2D eigenvalue weighted by Gasteiger charge is 2.22. The minimum Gasteiger partial charge on any atom is -0.447 e. The summed E-state index contributed by atoms with van der Waals surface area (Å²) in [5.41, 5.74) is 0.559. The second kappa shape index (κ2) is 5.95. The zero-order chi connectivity index (χ0) is 14.7. The lowest BCUT2D eigenvalue weighted by Crippen LogP contribution is -2.35. The number of nitrogens with zero attached hydrogens (tertiary/aromatic N) is 1. The van der Waals surface area contributed by atoms with Crippen LogP contribution in [0.1, 0.15) is 45.9 Å². The van der Waals surface area contributed by atoms with Crippen molar-refractivity contribution < 1.29 is 14.0 Å². The number of benzene rings is 1. The fourth-order valence-electron chi connectivity index (χ4n) is 2.56. The summed E-state index contributed by atoms with van der Waals surface area (Å²) in [6.45, 7) is 1.53. The Kier molecular flexibility index (Phi) is 3.86. The molecule has 3 rings (SSSR count). The standard InChI is InChI=1S/C17H17NO3/c19-16(13-7-3-1-4-8-13)14-9-10-15(21-14)17(20)18-11-5-2-6-12-18/h1,3-4,7-10H,2,5-6,11-12H2. The monoisotopic (exact) mass is 283 g/mol. The predicted molar refractivity (Wildman–Crippen MR) is 78.3 cm³/mol. The van der Waals surface area contributed by atoms with Gasteiger partial charge in [0.05, 0.1) is 0 Å². The number of carbonyl (C=O) groups excluding carboxylic acids is 2. The second-order valence-corrected chi connectivity index (χ2v) is 5.21. The molecule has 0 spiro atoms. The SMILES string of the molecule is O=C(c1ccccc1)c1ccc(C(=O)N2CCCCC2)o1. The average Bonchev–Trinajstić information content (AvgIpc) is 3.05. The van der Waals surface area contributed by atoms with Crippen LogP contribution < -0.4 is 0 Å². The van der Waals surface area contributed by atoms with Gasteiger partial charge in [-0.25, -0.2) is 0 Å². The fourth-order valence-corrected chi connectivity index (χ4v) is 2.56. The van der Waals surface area contributed by atoms with Gasteiger partial charge in [-0.2, -0.15) is 0 Å². The molecular weight excluding hydrogens is 266 g/mol. The molecule has 0 aliphatic carbocycles. The van der Waals surface area contributed by atoms with Crippen molar-refractivity contribution in [3.63, 3.8) is 0 Å². The molecule has 0 N–H and O–H groups in total. The molecule has 108 valence electrons. The number of ketones is 1. The zero-order valence-electron chi connectivity index (χ0n) is 11.7. The van der Waals surface area contributed by atoms with Crippen LogP contribution in [-0.4, -0.2) is 29.7 Å². The summed E-state index contributed by atoms with van der Waals surface area (Å²) in [5, 5.41) is 0. The Bertz CT molecular complexity index is 639. The van der Waals surface area contributed by atoms with Gasteiger partial charge in [0, 0.05) is 18.7 Å². The first-order chi connectivity index (χ1) is 10.3. The second-order valence-electron chi connectivity index (χ2n) is 5.21. The summed E-state index contributed by atoms with van der Waals surface area (Å²) in [4.78, 5) is 26.3. The molecule has 0 unspecified atom stereocenters. The largest absolute Gasteiger partial charge is 0.447 e. The molecule has 4 nitrogen and oxygen atoms in total. The molecule has 0 atom stereocenters. The van der Waals surface area contributed by atoms with Gasteiger partial charge in [-0.15, -0.1) is 0 Å². The molecule has 0 saturated carbocycles. The number of furan rings is 1. The van der Waals surface area contributed by atoms with Crippen LogP contribution in [0.25, 0.3) is 0 Å². The van der Waals surface area contributed by atoms with Crippen molar-refractivity contribution in [1.29, 1.82) is 0 Å². The molecule has 1 aliphatic heterocycles. The lowest BCUT2D eigenvalue weighted by Gasteiger charge is -2.25. The van der Waals surface area contributed by atoms with Gasteiger partial charge in [0.25, 0.3) is 5.91 Å². The van der Waals surface area contributed by atoms with Crippen molar-refractivity contribution in [1.82, 2.24) is 4.90 Å². The van der Waals surface area contributed by atoms with Crippen molar-refractivity contribution in [3.8, 4) is 0 Å². The third-order valence-corrected chi connectivity index (χ3v) is 3.72. The van der Waals surface area contributed by atoms with Gasteiger partial charge in [-0.3, -0.25) is 9.59 Å². The fraction of sp³-hybridized carbons (Fsp3) is 0.294. The van der Waals surface area contributed by atoms with Crippen LogP contribution in [-0.2, 0) is 0 Å². The molecule has 1 saturated heterocycles. The lowest BCUT2D eigenvalue weighted by molar-refractivity contribution is 0.0690. The normalized spacial score (nSPS) is 15.0. The third kappa shape index (κ3) is 2.89. The Morgan fingerprint density at radius 2 is 1.52 bits per heavy atom. The number of hydrogen-bond donors (Lipinski definition) is 0. The maximum atomic E-state index is 12.3. The van der Waals surface area contributed by atoms with Gasteiger partial charge < -0.3 is 9.32 Å². The van der Waals surface area contributed by atoms with E-state index >= 15 is 0 Å². The van der Waals surface area contributed by atoms with E-state index in [0.29, 0.717) is 5.56 Å². The molecule has 4 heteroatoms. The van der Waals surface area contributed by atoms with Crippen LogP contribution in [0.4, 0.5) is 0 Å². The highest BCUT2D eigenvalue weighted by atomic mass is 16.4. The quantitative estimate of drug-likeness (QED) is 0.813. The van der Waals surface area contributed by atoms with Crippen molar-refractivity contribution in [3.05, 3.63) is 59.5 Å². The summed E-state index contributed by atoms with van der Waals surface area (Å²) in [6, 6.07) is 12.1. The average molecular weight is 283 g/mol. The molecule has 0 bridgehead atoms. The number of hydrogen-bond acceptors (Lipinski definition) is 3. The Morgan fingerprint density at radius 1 is 0.857 bits per heavy atom. The highest BCUT2D eigenvalue weighted by molar-refractivity contribution is 6.07. The Hall–Kier alpha value is -2.36. The first kappa shape index (κ1) is 13.6. The van der Waals surface area contributed by atoms with E-state index in [9.17, 15) is 9.59 Å². The lowest BCUT2D eigenvalue weighted by atomic mass is 10.1. The molecule has 2 aromatic rings. The van der Waals surface area contributed by atoms with Gasteiger partial charge >= 0.3 is 0 Å². The van der Waals surface area contributed by atoms with Gasteiger partial charge in [0.1, 0.15) is 0 Å². The summed E-state index contributed by atoms with van der Waals surface area (Å²) < 4.78 is 5.47. The topological polar surface area (TPSA) is 50.5 Å². The van der Waals surface area contributed by atoms with E-state index in [-0.39, 0.29) is 23.2 Å². The predicted octanol–water partition coefficient (Wildman–Crippen LogP) is 3.14. The number of carbonyl (C=O) groups is 2. The van der Waals surface area contributed by atoms with E-state index in [0.717, 1.165) is 25.9 Å². The van der Waals surface area contributed by atoms with E-state index in [2.05, 4.69) is 0 Å². The van der Waals surface area contributed by atoms with Crippen LogP contribution in [0.3, 0.4) is 0 Å². The number of rotatable bonds is 3. The van der Waals surface area contributed by atoms with E-state index in [1.807, 2.05) is 6.07 Å². The highest BCUT2D eigenvalue weighted by Crippen LogP contribution is 2.17. The molecule has 21 heavy (non-hydrogen) atoms. The molecule has 1 aliphatic rings. The Labute approximate surface area is 123 Å². The van der Waals surface area contributed by atoms with Crippen LogP contribution in [0.15, 0.2) is 46.9 Å².